The second kappa shape index (κ2) is 4.63. The van der Waals surface area contributed by atoms with E-state index in [4.69, 9.17) is 4.74 Å². The number of halogens is 1. The molecule has 0 aromatic carbocycles. The van der Waals surface area contributed by atoms with E-state index >= 15 is 0 Å². The van der Waals surface area contributed by atoms with E-state index in [9.17, 15) is 0 Å². The van der Waals surface area contributed by atoms with Crippen LogP contribution in [0.4, 0.5) is 0 Å². The van der Waals surface area contributed by atoms with Crippen LogP contribution in [-0.2, 0) is 11.4 Å². The van der Waals surface area contributed by atoms with Gasteiger partial charge in [-0.3, -0.25) is 9.58 Å². The summed E-state index contributed by atoms with van der Waals surface area (Å²) in [6.07, 6.45) is 4.43. The molecule has 0 aliphatic carbocycles. The second-order valence-electron chi connectivity index (χ2n) is 4.13. The zero-order valence-corrected chi connectivity index (χ0v) is 10.6. The first-order valence-corrected chi connectivity index (χ1v) is 5.98. The molecule has 0 radical (unpaired) electrons. The van der Waals surface area contributed by atoms with Crippen LogP contribution in [0.1, 0.15) is 13.8 Å². The van der Waals surface area contributed by atoms with Crippen LogP contribution in [-0.4, -0.2) is 40.0 Å². The van der Waals surface area contributed by atoms with Gasteiger partial charge in [-0.15, -0.1) is 0 Å². The zero-order valence-electron chi connectivity index (χ0n) is 9.06. The quantitative estimate of drug-likeness (QED) is 0.822. The molecule has 0 N–H and O–H groups in total. The van der Waals surface area contributed by atoms with Gasteiger partial charge in [0.15, 0.2) is 0 Å². The van der Waals surface area contributed by atoms with Gasteiger partial charge in [-0.25, -0.2) is 0 Å². The Kier molecular flexibility index (Phi) is 3.43. The van der Waals surface area contributed by atoms with Crippen molar-refractivity contribution < 1.29 is 4.74 Å². The Morgan fingerprint density at radius 2 is 2.13 bits per heavy atom. The van der Waals surface area contributed by atoms with Crippen molar-refractivity contribution in [3.05, 3.63) is 16.9 Å². The molecule has 0 amide bonds. The summed E-state index contributed by atoms with van der Waals surface area (Å²) in [7, 11) is 0. The predicted octanol–water partition coefficient (Wildman–Crippen LogP) is 1.71. The van der Waals surface area contributed by atoms with E-state index in [0.717, 1.165) is 24.2 Å². The molecule has 0 spiro atoms. The Morgan fingerprint density at radius 1 is 1.47 bits per heavy atom. The first kappa shape index (κ1) is 11.1. The smallest absolute Gasteiger partial charge is 0.0930 e. The van der Waals surface area contributed by atoms with Gasteiger partial charge in [-0.2, -0.15) is 5.10 Å². The van der Waals surface area contributed by atoms with Crippen molar-refractivity contribution in [3.8, 4) is 0 Å². The van der Waals surface area contributed by atoms with Gasteiger partial charge >= 0.3 is 0 Å². The van der Waals surface area contributed by atoms with Crippen molar-refractivity contribution in [3.63, 3.8) is 0 Å². The fourth-order valence-corrected chi connectivity index (χ4v) is 2.35. The van der Waals surface area contributed by atoms with E-state index in [0.29, 0.717) is 12.2 Å². The molecule has 84 valence electrons. The first-order valence-electron chi connectivity index (χ1n) is 5.19. The van der Waals surface area contributed by atoms with Crippen LogP contribution in [0.5, 0.6) is 0 Å². The number of nitrogens with zero attached hydrogens (tertiary/aromatic N) is 3. The molecular formula is C10H16BrN3O. The Morgan fingerprint density at radius 3 is 2.67 bits per heavy atom. The summed E-state index contributed by atoms with van der Waals surface area (Å²) in [4.78, 5) is 2.36. The summed E-state index contributed by atoms with van der Waals surface area (Å²) in [5.74, 6) is 0. The fraction of sp³-hybridized carbons (Fsp3) is 0.700. The lowest BCUT2D eigenvalue weighted by Gasteiger charge is -2.34. The van der Waals surface area contributed by atoms with E-state index in [1.54, 1.807) is 0 Å². The van der Waals surface area contributed by atoms with E-state index in [1.807, 2.05) is 17.1 Å². The minimum absolute atomic E-state index is 0.313. The molecule has 15 heavy (non-hydrogen) atoms. The SMILES string of the molecule is CC1CN(Cn2cc(Br)cn2)CC(C)O1. The normalized spacial score (nSPS) is 28.2. The summed E-state index contributed by atoms with van der Waals surface area (Å²) in [5, 5.41) is 4.25. The first-order chi connectivity index (χ1) is 7.13. The van der Waals surface area contributed by atoms with Gasteiger partial charge in [-0.1, -0.05) is 0 Å². The van der Waals surface area contributed by atoms with Crippen molar-refractivity contribution in [2.45, 2.75) is 32.7 Å². The molecular weight excluding hydrogens is 258 g/mol. The summed E-state index contributed by atoms with van der Waals surface area (Å²) in [5.41, 5.74) is 0. The summed E-state index contributed by atoms with van der Waals surface area (Å²) in [6, 6.07) is 0. The maximum Gasteiger partial charge on any atom is 0.0930 e. The number of hydrogen-bond donors (Lipinski definition) is 0. The highest BCUT2D eigenvalue weighted by molar-refractivity contribution is 9.10. The number of rotatable bonds is 2. The van der Waals surface area contributed by atoms with E-state index in [2.05, 4.69) is 39.8 Å². The molecule has 2 rings (SSSR count). The average Bonchev–Trinajstić information content (AvgIpc) is 2.49. The van der Waals surface area contributed by atoms with Gasteiger partial charge in [0.25, 0.3) is 0 Å². The minimum Gasteiger partial charge on any atom is -0.373 e. The van der Waals surface area contributed by atoms with Crippen LogP contribution in [0.25, 0.3) is 0 Å². The molecule has 0 bridgehead atoms. The predicted molar refractivity (Wildman–Crippen MR) is 61.5 cm³/mol. The van der Waals surface area contributed by atoms with Gasteiger partial charge in [-0.05, 0) is 29.8 Å². The summed E-state index contributed by atoms with van der Waals surface area (Å²) < 4.78 is 8.64. The Labute approximate surface area is 98.3 Å². The van der Waals surface area contributed by atoms with E-state index in [-0.39, 0.29) is 0 Å². The largest absolute Gasteiger partial charge is 0.373 e. The van der Waals surface area contributed by atoms with Crippen molar-refractivity contribution >= 4 is 15.9 Å². The standard InChI is InChI=1S/C10H16BrN3O/c1-8-4-13(5-9(2)15-8)7-14-6-10(11)3-12-14/h3,6,8-9H,4-5,7H2,1-2H3. The zero-order chi connectivity index (χ0) is 10.8. The van der Waals surface area contributed by atoms with Gasteiger partial charge in [0.2, 0.25) is 0 Å². The van der Waals surface area contributed by atoms with Crippen LogP contribution in [0.3, 0.4) is 0 Å². The topological polar surface area (TPSA) is 30.3 Å². The van der Waals surface area contributed by atoms with Gasteiger partial charge < -0.3 is 4.74 Å². The molecule has 1 fully saturated rings. The van der Waals surface area contributed by atoms with Crippen LogP contribution >= 0.6 is 15.9 Å². The molecule has 1 aromatic heterocycles. The fourth-order valence-electron chi connectivity index (χ4n) is 2.02. The van der Waals surface area contributed by atoms with Gasteiger partial charge in [0.1, 0.15) is 0 Å². The van der Waals surface area contributed by atoms with Crippen molar-refractivity contribution in [2.24, 2.45) is 0 Å². The maximum absolute atomic E-state index is 5.68. The van der Waals surface area contributed by atoms with Crippen LogP contribution in [0.2, 0.25) is 0 Å². The molecule has 1 aromatic rings. The molecule has 2 heterocycles. The number of hydrogen-bond acceptors (Lipinski definition) is 3. The van der Waals surface area contributed by atoms with Gasteiger partial charge in [0, 0.05) is 19.3 Å². The monoisotopic (exact) mass is 273 g/mol. The highest BCUT2D eigenvalue weighted by Crippen LogP contribution is 2.12. The molecule has 0 saturated carbocycles. The lowest BCUT2D eigenvalue weighted by molar-refractivity contribution is -0.0775. The molecule has 1 saturated heterocycles. The molecule has 2 atom stereocenters. The molecule has 1 aliphatic heterocycles. The lowest BCUT2D eigenvalue weighted by atomic mass is 10.2. The van der Waals surface area contributed by atoms with E-state index < -0.39 is 0 Å². The van der Waals surface area contributed by atoms with Crippen LogP contribution in [0, 0.1) is 0 Å². The van der Waals surface area contributed by atoms with E-state index in [1.165, 1.54) is 0 Å². The second-order valence-corrected chi connectivity index (χ2v) is 5.05. The third kappa shape index (κ3) is 3.03. The van der Waals surface area contributed by atoms with Crippen molar-refractivity contribution in [1.82, 2.24) is 14.7 Å². The van der Waals surface area contributed by atoms with Crippen molar-refractivity contribution in [1.29, 1.82) is 0 Å². The molecule has 5 heteroatoms. The van der Waals surface area contributed by atoms with Crippen LogP contribution < -0.4 is 0 Å². The maximum atomic E-state index is 5.68. The highest BCUT2D eigenvalue weighted by atomic mass is 79.9. The Balaban J connectivity index is 1.94. The van der Waals surface area contributed by atoms with Gasteiger partial charge in [0.05, 0.1) is 29.5 Å². The number of ether oxygens (including phenoxy) is 1. The van der Waals surface area contributed by atoms with Crippen LogP contribution in [0.15, 0.2) is 16.9 Å². The third-order valence-corrected chi connectivity index (χ3v) is 2.85. The molecule has 1 aliphatic rings. The Bertz CT molecular complexity index is 318. The highest BCUT2D eigenvalue weighted by Gasteiger charge is 2.22. The van der Waals surface area contributed by atoms with Crippen molar-refractivity contribution in [2.75, 3.05) is 13.1 Å². The number of morpholine rings is 1. The minimum atomic E-state index is 0.313. The number of aromatic nitrogens is 2. The average molecular weight is 274 g/mol. The lowest BCUT2D eigenvalue weighted by Crippen LogP contribution is -2.45. The summed E-state index contributed by atoms with van der Waals surface area (Å²) >= 11 is 3.39. The third-order valence-electron chi connectivity index (χ3n) is 2.44. The summed E-state index contributed by atoms with van der Waals surface area (Å²) in [6.45, 7) is 7.01. The molecule has 4 nitrogen and oxygen atoms in total. The molecule has 2 unspecified atom stereocenters. The Hall–Kier alpha value is -0.390.